The molecule has 0 aromatic heterocycles. The van der Waals surface area contributed by atoms with Crippen molar-refractivity contribution in [1.29, 1.82) is 0 Å². The molecule has 3 aromatic carbocycles. The largest absolute Gasteiger partial charge is 0.497 e. The summed E-state index contributed by atoms with van der Waals surface area (Å²) < 4.78 is 32.9. The van der Waals surface area contributed by atoms with Crippen LogP contribution in [0.15, 0.2) is 83.8 Å². The molecule has 0 atom stereocenters. The molecule has 0 radical (unpaired) electrons. The Morgan fingerprint density at radius 2 is 1.68 bits per heavy atom. The summed E-state index contributed by atoms with van der Waals surface area (Å²) in [5, 5.41) is 3.55. The van der Waals surface area contributed by atoms with E-state index in [9.17, 15) is 13.2 Å². The molecule has 9 heteroatoms. The number of methoxy groups -OCH3 is 1. The van der Waals surface area contributed by atoms with Crippen molar-refractivity contribution in [3.05, 3.63) is 89.4 Å². The van der Waals surface area contributed by atoms with E-state index in [4.69, 9.17) is 16.3 Å². The number of nitrogens with zero attached hydrogens (tertiary/aromatic N) is 1. The van der Waals surface area contributed by atoms with Gasteiger partial charge in [-0.3, -0.25) is 9.10 Å². The Morgan fingerprint density at radius 1 is 1.00 bits per heavy atom. The number of para-hydroxylation sites is 1. The zero-order valence-electron chi connectivity index (χ0n) is 18.8. The fourth-order valence-electron chi connectivity index (χ4n) is 3.14. The van der Waals surface area contributed by atoms with Gasteiger partial charge >= 0.3 is 0 Å². The lowest BCUT2D eigenvalue weighted by molar-refractivity contribution is -0.119. The summed E-state index contributed by atoms with van der Waals surface area (Å²) in [6.45, 7) is 0.161. The van der Waals surface area contributed by atoms with E-state index < -0.39 is 10.0 Å². The van der Waals surface area contributed by atoms with Gasteiger partial charge in [0.2, 0.25) is 5.91 Å². The summed E-state index contributed by atoms with van der Waals surface area (Å²) in [6, 6.07) is 22.5. The van der Waals surface area contributed by atoms with E-state index in [1.54, 1.807) is 54.2 Å². The molecule has 0 fully saturated rings. The summed E-state index contributed by atoms with van der Waals surface area (Å²) in [4.78, 5) is 12.7. The highest BCUT2D eigenvalue weighted by Crippen LogP contribution is 2.25. The number of nitrogens with one attached hydrogen (secondary N) is 1. The number of hydrogen-bond donors (Lipinski definition) is 1. The molecule has 0 aliphatic heterocycles. The monoisotopic (exact) mass is 518 g/mol. The zero-order chi connectivity index (χ0) is 24.4. The van der Waals surface area contributed by atoms with Gasteiger partial charge in [-0.1, -0.05) is 41.9 Å². The van der Waals surface area contributed by atoms with Crippen molar-refractivity contribution in [2.75, 3.05) is 30.3 Å². The van der Waals surface area contributed by atoms with Crippen LogP contribution in [0.25, 0.3) is 0 Å². The summed E-state index contributed by atoms with van der Waals surface area (Å²) >= 11 is 7.67. The highest BCUT2D eigenvalue weighted by Gasteiger charge is 2.27. The number of halogens is 1. The lowest BCUT2D eigenvalue weighted by Gasteiger charge is -2.24. The predicted molar refractivity (Wildman–Crippen MR) is 139 cm³/mol. The standard InChI is InChI=1S/C25H27ClN2O4S2/c1-32-23-12-14-24(15-13-23)34(30,31)28(22-6-3-2-4-7-22)18-25(29)27-16-5-17-33-19-20-8-10-21(26)11-9-20/h2-4,6-15H,5,16-19H2,1H3,(H,27,29). The molecule has 3 rings (SSSR count). The summed E-state index contributed by atoms with van der Waals surface area (Å²) in [5.74, 6) is 1.93. The molecule has 1 N–H and O–H groups in total. The maximum atomic E-state index is 13.3. The second kappa shape index (κ2) is 12.7. The fourth-order valence-corrected chi connectivity index (χ4v) is 5.61. The maximum absolute atomic E-state index is 13.3. The molecular formula is C25H27ClN2O4S2. The Morgan fingerprint density at radius 3 is 2.32 bits per heavy atom. The normalized spacial score (nSPS) is 11.1. The molecule has 1 amide bonds. The number of hydrogen-bond acceptors (Lipinski definition) is 5. The second-order valence-electron chi connectivity index (χ2n) is 7.41. The van der Waals surface area contributed by atoms with Crippen molar-refractivity contribution in [2.24, 2.45) is 0 Å². The fraction of sp³-hybridized carbons (Fsp3) is 0.240. The molecule has 6 nitrogen and oxygen atoms in total. The van der Waals surface area contributed by atoms with E-state index >= 15 is 0 Å². The third kappa shape index (κ3) is 7.41. The van der Waals surface area contributed by atoms with Crippen LogP contribution in [0.2, 0.25) is 5.02 Å². The first-order chi connectivity index (χ1) is 16.4. The number of anilines is 1. The number of carbonyl (C=O) groups is 1. The van der Waals surface area contributed by atoms with E-state index in [-0.39, 0.29) is 17.3 Å². The molecular weight excluding hydrogens is 492 g/mol. The van der Waals surface area contributed by atoms with Crippen molar-refractivity contribution in [3.8, 4) is 5.75 Å². The van der Waals surface area contributed by atoms with Crippen LogP contribution in [-0.4, -0.2) is 40.3 Å². The van der Waals surface area contributed by atoms with Crippen LogP contribution in [0.4, 0.5) is 5.69 Å². The SMILES string of the molecule is COc1ccc(S(=O)(=O)N(CC(=O)NCCCSCc2ccc(Cl)cc2)c2ccccc2)cc1. The first-order valence-electron chi connectivity index (χ1n) is 10.7. The van der Waals surface area contributed by atoms with Crippen LogP contribution >= 0.6 is 23.4 Å². The zero-order valence-corrected chi connectivity index (χ0v) is 21.2. The average Bonchev–Trinajstić information content (AvgIpc) is 2.86. The number of sulfonamides is 1. The van der Waals surface area contributed by atoms with Crippen LogP contribution in [0.1, 0.15) is 12.0 Å². The quantitative estimate of drug-likeness (QED) is 0.342. The number of benzene rings is 3. The number of ether oxygens (including phenoxy) is 1. The summed E-state index contributed by atoms with van der Waals surface area (Å²) in [7, 11) is -2.43. The molecule has 0 aliphatic carbocycles. The third-order valence-electron chi connectivity index (χ3n) is 4.95. The molecule has 0 spiro atoms. The number of rotatable bonds is 12. The van der Waals surface area contributed by atoms with Crippen LogP contribution in [-0.2, 0) is 20.6 Å². The van der Waals surface area contributed by atoms with Crippen molar-refractivity contribution < 1.29 is 17.9 Å². The van der Waals surface area contributed by atoms with Gasteiger partial charge in [0.1, 0.15) is 12.3 Å². The minimum atomic E-state index is -3.94. The van der Waals surface area contributed by atoms with Crippen LogP contribution < -0.4 is 14.4 Å². The highest BCUT2D eigenvalue weighted by atomic mass is 35.5. The number of thioether (sulfide) groups is 1. The van der Waals surface area contributed by atoms with Crippen LogP contribution in [0.3, 0.4) is 0 Å². The smallest absolute Gasteiger partial charge is 0.264 e. The van der Waals surface area contributed by atoms with Gasteiger partial charge in [-0.15, -0.1) is 0 Å². The summed E-state index contributed by atoms with van der Waals surface area (Å²) in [6.07, 6.45) is 0.778. The number of amides is 1. The molecule has 0 saturated heterocycles. The van der Waals surface area contributed by atoms with E-state index in [0.29, 0.717) is 18.0 Å². The van der Waals surface area contributed by atoms with Crippen molar-refractivity contribution in [1.82, 2.24) is 5.32 Å². The molecule has 34 heavy (non-hydrogen) atoms. The lowest BCUT2D eigenvalue weighted by atomic mass is 10.2. The Balaban J connectivity index is 1.56. The first-order valence-corrected chi connectivity index (χ1v) is 13.7. The van der Waals surface area contributed by atoms with Crippen LogP contribution in [0.5, 0.6) is 5.75 Å². The molecule has 0 unspecified atom stereocenters. The second-order valence-corrected chi connectivity index (χ2v) is 10.8. The molecule has 0 saturated carbocycles. The topological polar surface area (TPSA) is 75.7 Å². The van der Waals surface area contributed by atoms with Gasteiger partial charge in [0.15, 0.2) is 0 Å². The minimum Gasteiger partial charge on any atom is -0.497 e. The van der Waals surface area contributed by atoms with Gasteiger partial charge in [0, 0.05) is 17.3 Å². The highest BCUT2D eigenvalue weighted by molar-refractivity contribution is 7.98. The average molecular weight is 519 g/mol. The van der Waals surface area contributed by atoms with E-state index in [0.717, 1.165) is 27.3 Å². The Kier molecular flexibility index (Phi) is 9.68. The minimum absolute atomic E-state index is 0.0866. The van der Waals surface area contributed by atoms with E-state index in [1.807, 2.05) is 24.3 Å². The summed E-state index contributed by atoms with van der Waals surface area (Å²) in [5.41, 5.74) is 1.62. The van der Waals surface area contributed by atoms with Crippen molar-refractivity contribution >= 4 is 45.0 Å². The van der Waals surface area contributed by atoms with Gasteiger partial charge in [0.05, 0.1) is 17.7 Å². The Hall–Kier alpha value is -2.68. The molecule has 3 aromatic rings. The van der Waals surface area contributed by atoms with E-state index in [1.165, 1.54) is 24.8 Å². The Bertz CT molecular complexity index is 1160. The van der Waals surface area contributed by atoms with Crippen molar-refractivity contribution in [3.63, 3.8) is 0 Å². The van der Waals surface area contributed by atoms with Gasteiger partial charge in [-0.05, 0) is 66.3 Å². The molecule has 0 heterocycles. The Labute approximate surface area is 210 Å². The molecule has 0 aliphatic rings. The van der Waals surface area contributed by atoms with Gasteiger partial charge in [-0.25, -0.2) is 8.42 Å². The third-order valence-corrected chi connectivity index (χ3v) is 8.10. The van der Waals surface area contributed by atoms with Gasteiger partial charge in [0.25, 0.3) is 10.0 Å². The van der Waals surface area contributed by atoms with Gasteiger partial charge < -0.3 is 10.1 Å². The molecule has 180 valence electrons. The van der Waals surface area contributed by atoms with E-state index in [2.05, 4.69) is 5.32 Å². The maximum Gasteiger partial charge on any atom is 0.264 e. The van der Waals surface area contributed by atoms with Crippen LogP contribution in [0, 0.1) is 0 Å². The lowest BCUT2D eigenvalue weighted by Crippen LogP contribution is -2.41. The molecule has 0 bridgehead atoms. The first kappa shape index (κ1) is 25.9. The van der Waals surface area contributed by atoms with Gasteiger partial charge in [-0.2, -0.15) is 11.8 Å². The van der Waals surface area contributed by atoms with Crippen molar-refractivity contribution in [2.45, 2.75) is 17.1 Å². The number of carbonyl (C=O) groups excluding carboxylic acids is 1. The predicted octanol–water partition coefficient (Wildman–Crippen LogP) is 4.98.